The molecule has 0 spiro atoms. The number of nitro groups is 1. The number of ether oxygens (including phenoxy) is 2. The van der Waals surface area contributed by atoms with Crippen LogP contribution in [-0.4, -0.2) is 40.2 Å². The maximum Gasteiger partial charge on any atom is 0.269 e. The number of non-ortho nitro benzene ring substituents is 1. The van der Waals surface area contributed by atoms with E-state index in [1.807, 2.05) is 0 Å². The third-order valence-corrected chi connectivity index (χ3v) is 4.51. The van der Waals surface area contributed by atoms with Gasteiger partial charge in [-0.05, 0) is 31.2 Å². The van der Waals surface area contributed by atoms with Crippen LogP contribution in [-0.2, 0) is 4.79 Å². The summed E-state index contributed by atoms with van der Waals surface area (Å²) in [5.74, 6) is -0.653. The molecule has 0 saturated carbocycles. The molecule has 0 atom stereocenters. The number of nitrogens with one attached hydrogen (secondary N) is 1. The molecule has 0 aliphatic carbocycles. The lowest BCUT2D eigenvalue weighted by atomic mass is 10.2. The first-order valence-electron chi connectivity index (χ1n) is 9.11. The molecule has 3 aromatic rings. The smallest absolute Gasteiger partial charge is 0.269 e. The number of nitro benzene ring substituents is 1. The summed E-state index contributed by atoms with van der Waals surface area (Å²) < 4.78 is 11.9. The molecule has 0 aliphatic heterocycles. The number of benzene rings is 2. The van der Waals surface area contributed by atoms with Gasteiger partial charge in [-0.2, -0.15) is 5.10 Å². The molecule has 0 saturated heterocycles. The SMILES string of the molecule is COc1cc(C(=O)Nc2cc(C)nn2-c2ccc([N+](=O)[O-])cc2)cc(Cl)c1OCC(N)=O. The zero-order chi connectivity index (χ0) is 23.4. The number of rotatable bonds is 8. The molecule has 0 unspecified atom stereocenters. The molecule has 0 bridgehead atoms. The number of hydrogen-bond acceptors (Lipinski definition) is 7. The summed E-state index contributed by atoms with van der Waals surface area (Å²) in [5, 5.41) is 18.0. The van der Waals surface area contributed by atoms with Crippen molar-refractivity contribution < 1.29 is 24.0 Å². The molecule has 1 aromatic heterocycles. The van der Waals surface area contributed by atoms with Crippen LogP contribution in [0.5, 0.6) is 11.5 Å². The molecule has 2 amide bonds. The number of carbonyl (C=O) groups excluding carboxylic acids is 2. The van der Waals surface area contributed by atoms with Gasteiger partial charge in [-0.3, -0.25) is 19.7 Å². The molecule has 0 fully saturated rings. The fraction of sp³-hybridized carbons (Fsp3) is 0.150. The second kappa shape index (κ2) is 9.35. The van der Waals surface area contributed by atoms with Gasteiger partial charge in [0.05, 0.1) is 28.4 Å². The Balaban J connectivity index is 1.88. The molecule has 1 heterocycles. The maximum atomic E-state index is 12.9. The Kier molecular flexibility index (Phi) is 6.59. The highest BCUT2D eigenvalue weighted by molar-refractivity contribution is 6.32. The van der Waals surface area contributed by atoms with E-state index >= 15 is 0 Å². The van der Waals surface area contributed by atoms with Crippen LogP contribution in [0.25, 0.3) is 5.69 Å². The molecular formula is C20H18ClN5O6. The molecule has 0 radical (unpaired) electrons. The Morgan fingerprint density at radius 1 is 1.25 bits per heavy atom. The van der Waals surface area contributed by atoms with Crippen LogP contribution in [0.1, 0.15) is 16.1 Å². The average Bonchev–Trinajstić information content (AvgIpc) is 3.12. The number of aryl methyl sites for hydroxylation is 1. The number of halogens is 1. The number of aromatic nitrogens is 2. The van der Waals surface area contributed by atoms with Crippen molar-refractivity contribution >= 4 is 34.9 Å². The lowest BCUT2D eigenvalue weighted by molar-refractivity contribution is -0.384. The number of methoxy groups -OCH3 is 1. The van der Waals surface area contributed by atoms with Crippen molar-refractivity contribution in [3.8, 4) is 17.2 Å². The summed E-state index contributed by atoms with van der Waals surface area (Å²) in [6.07, 6.45) is 0. The van der Waals surface area contributed by atoms with Crippen molar-refractivity contribution in [1.82, 2.24) is 9.78 Å². The molecular weight excluding hydrogens is 442 g/mol. The fourth-order valence-corrected chi connectivity index (χ4v) is 3.09. The molecule has 0 aliphatic rings. The van der Waals surface area contributed by atoms with E-state index in [-0.39, 0.29) is 27.8 Å². The number of primary amides is 1. The van der Waals surface area contributed by atoms with Gasteiger partial charge >= 0.3 is 0 Å². The standard InChI is InChI=1S/C20H18ClN5O6/c1-11-7-18(25(24-11)13-3-5-14(6-4-13)26(29)30)23-20(28)12-8-15(21)19(16(9-12)31-2)32-10-17(22)27/h3-9H,10H2,1-2H3,(H2,22,27)(H,23,28). The van der Waals surface area contributed by atoms with Crippen molar-refractivity contribution in [3.63, 3.8) is 0 Å². The van der Waals surface area contributed by atoms with Crippen LogP contribution in [0, 0.1) is 17.0 Å². The molecule has 3 rings (SSSR count). The highest BCUT2D eigenvalue weighted by atomic mass is 35.5. The first-order chi connectivity index (χ1) is 15.2. The minimum absolute atomic E-state index is 0.0517. The van der Waals surface area contributed by atoms with E-state index in [2.05, 4.69) is 10.4 Å². The second-order valence-electron chi connectivity index (χ2n) is 6.55. The summed E-state index contributed by atoms with van der Waals surface area (Å²) in [6.45, 7) is 1.33. The van der Waals surface area contributed by atoms with Gasteiger partial charge in [-0.1, -0.05) is 11.6 Å². The Morgan fingerprint density at radius 2 is 1.94 bits per heavy atom. The molecule has 11 nitrogen and oxygen atoms in total. The summed E-state index contributed by atoms with van der Waals surface area (Å²) >= 11 is 6.21. The van der Waals surface area contributed by atoms with E-state index in [0.717, 1.165) is 0 Å². The van der Waals surface area contributed by atoms with Crippen molar-refractivity contribution in [2.75, 3.05) is 19.0 Å². The number of nitrogens with two attached hydrogens (primary N) is 1. The van der Waals surface area contributed by atoms with Gasteiger partial charge in [0.25, 0.3) is 17.5 Å². The minimum Gasteiger partial charge on any atom is -0.493 e. The van der Waals surface area contributed by atoms with E-state index in [4.69, 9.17) is 26.8 Å². The Hall–Kier alpha value is -4.12. The third-order valence-electron chi connectivity index (χ3n) is 4.23. The summed E-state index contributed by atoms with van der Waals surface area (Å²) in [5.41, 5.74) is 6.31. The van der Waals surface area contributed by atoms with Gasteiger partial charge in [0.2, 0.25) is 0 Å². The van der Waals surface area contributed by atoms with Gasteiger partial charge < -0.3 is 20.5 Å². The van der Waals surface area contributed by atoms with E-state index < -0.39 is 23.3 Å². The predicted octanol–water partition coefficient (Wildman–Crippen LogP) is 2.87. The molecule has 2 aromatic carbocycles. The van der Waals surface area contributed by atoms with Gasteiger partial charge in [-0.15, -0.1) is 0 Å². The van der Waals surface area contributed by atoms with Crippen molar-refractivity contribution in [2.24, 2.45) is 5.73 Å². The van der Waals surface area contributed by atoms with Crippen LogP contribution < -0.4 is 20.5 Å². The van der Waals surface area contributed by atoms with E-state index in [9.17, 15) is 19.7 Å². The number of hydrogen-bond donors (Lipinski definition) is 2. The normalized spacial score (nSPS) is 10.5. The van der Waals surface area contributed by atoms with Crippen molar-refractivity contribution in [2.45, 2.75) is 6.92 Å². The van der Waals surface area contributed by atoms with Crippen LogP contribution in [0.3, 0.4) is 0 Å². The third kappa shape index (κ3) is 4.95. The number of amides is 2. The highest BCUT2D eigenvalue weighted by Crippen LogP contribution is 2.36. The zero-order valence-corrected chi connectivity index (χ0v) is 17.8. The topological polar surface area (TPSA) is 152 Å². The lowest BCUT2D eigenvalue weighted by Crippen LogP contribution is -2.20. The molecule has 12 heteroatoms. The predicted molar refractivity (Wildman–Crippen MR) is 116 cm³/mol. The second-order valence-corrected chi connectivity index (χ2v) is 6.96. The largest absolute Gasteiger partial charge is 0.493 e. The quantitative estimate of drug-likeness (QED) is 0.388. The Morgan fingerprint density at radius 3 is 2.53 bits per heavy atom. The van der Waals surface area contributed by atoms with Crippen molar-refractivity contribution in [3.05, 3.63) is 68.9 Å². The number of carbonyl (C=O) groups is 2. The van der Waals surface area contributed by atoms with E-state index in [0.29, 0.717) is 17.2 Å². The van der Waals surface area contributed by atoms with Crippen LogP contribution >= 0.6 is 11.6 Å². The Bertz CT molecular complexity index is 1190. The average molecular weight is 460 g/mol. The monoisotopic (exact) mass is 459 g/mol. The fourth-order valence-electron chi connectivity index (χ4n) is 2.82. The number of anilines is 1. The van der Waals surface area contributed by atoms with E-state index in [1.54, 1.807) is 13.0 Å². The van der Waals surface area contributed by atoms with Crippen LogP contribution in [0.2, 0.25) is 5.02 Å². The summed E-state index contributed by atoms with van der Waals surface area (Å²) in [6, 6.07) is 10.1. The highest BCUT2D eigenvalue weighted by Gasteiger charge is 2.19. The summed E-state index contributed by atoms with van der Waals surface area (Å²) in [7, 11) is 1.36. The molecule has 3 N–H and O–H groups in total. The van der Waals surface area contributed by atoms with Gasteiger partial charge in [0, 0.05) is 23.8 Å². The van der Waals surface area contributed by atoms with Gasteiger partial charge in [-0.25, -0.2) is 4.68 Å². The van der Waals surface area contributed by atoms with Crippen LogP contribution in [0.4, 0.5) is 11.5 Å². The summed E-state index contributed by atoms with van der Waals surface area (Å²) in [4.78, 5) is 34.2. The van der Waals surface area contributed by atoms with Crippen molar-refractivity contribution in [1.29, 1.82) is 0 Å². The number of nitrogens with zero attached hydrogens (tertiary/aromatic N) is 3. The maximum absolute atomic E-state index is 12.9. The first kappa shape index (κ1) is 22.6. The zero-order valence-electron chi connectivity index (χ0n) is 17.0. The van der Waals surface area contributed by atoms with E-state index in [1.165, 1.54) is 48.2 Å². The molecule has 32 heavy (non-hydrogen) atoms. The lowest BCUT2D eigenvalue weighted by Gasteiger charge is -2.14. The van der Waals surface area contributed by atoms with Gasteiger partial charge in [0.15, 0.2) is 18.1 Å². The minimum atomic E-state index is -0.695. The van der Waals surface area contributed by atoms with Crippen LogP contribution in [0.15, 0.2) is 42.5 Å². The first-order valence-corrected chi connectivity index (χ1v) is 9.49. The van der Waals surface area contributed by atoms with Gasteiger partial charge in [0.1, 0.15) is 5.82 Å². The Labute approximate surface area is 186 Å². The molecule has 166 valence electrons.